The second-order valence-electron chi connectivity index (χ2n) is 4.95. The van der Waals surface area contributed by atoms with E-state index in [4.69, 9.17) is 0 Å². The largest absolute Gasteiger partial charge is 0.291 e. The summed E-state index contributed by atoms with van der Waals surface area (Å²) in [7, 11) is 0. The first-order chi connectivity index (χ1) is 10.8. The number of aromatic nitrogens is 2. The predicted octanol–water partition coefficient (Wildman–Crippen LogP) is 4.11. The van der Waals surface area contributed by atoms with Gasteiger partial charge in [-0.1, -0.05) is 48.5 Å². The van der Waals surface area contributed by atoms with E-state index in [1.54, 1.807) is 17.7 Å². The molecule has 4 aromatic rings. The summed E-state index contributed by atoms with van der Waals surface area (Å²) >= 11 is 1.57. The molecule has 0 aliphatic rings. The highest BCUT2D eigenvalue weighted by molar-refractivity contribution is 7.17. The van der Waals surface area contributed by atoms with Crippen molar-refractivity contribution in [3.8, 4) is 16.8 Å². The van der Waals surface area contributed by atoms with Crippen LogP contribution in [0.15, 0.2) is 77.2 Å². The van der Waals surface area contributed by atoms with Crippen LogP contribution in [0.25, 0.3) is 27.0 Å². The van der Waals surface area contributed by atoms with Crippen LogP contribution in [-0.4, -0.2) is 9.55 Å². The minimum atomic E-state index is -0.178. The van der Waals surface area contributed by atoms with Crippen LogP contribution in [-0.2, 0) is 0 Å². The van der Waals surface area contributed by atoms with Crippen LogP contribution in [0.3, 0.4) is 0 Å². The van der Waals surface area contributed by atoms with Crippen molar-refractivity contribution in [1.82, 2.24) is 9.55 Å². The number of para-hydroxylation sites is 1. The van der Waals surface area contributed by atoms with E-state index in [0.717, 1.165) is 21.6 Å². The average Bonchev–Trinajstić information content (AvgIpc) is 3.03. The lowest BCUT2D eigenvalue weighted by molar-refractivity contribution is 1.03. The van der Waals surface area contributed by atoms with Gasteiger partial charge in [-0.2, -0.15) is 4.98 Å². The van der Waals surface area contributed by atoms with Crippen molar-refractivity contribution >= 4 is 21.6 Å². The Kier molecular flexibility index (Phi) is 3.09. The number of hydrogen-bond acceptors (Lipinski definition) is 3. The summed E-state index contributed by atoms with van der Waals surface area (Å²) in [5, 5.41) is 2.71. The predicted molar refractivity (Wildman–Crippen MR) is 90.7 cm³/mol. The molecule has 3 nitrogen and oxygen atoms in total. The van der Waals surface area contributed by atoms with Crippen molar-refractivity contribution in [3.05, 3.63) is 82.7 Å². The van der Waals surface area contributed by atoms with Crippen LogP contribution >= 0.6 is 11.3 Å². The van der Waals surface area contributed by atoms with Crippen LogP contribution in [0.2, 0.25) is 0 Å². The number of hydrogen-bond donors (Lipinski definition) is 0. The van der Waals surface area contributed by atoms with Gasteiger partial charge in [0.25, 0.3) is 5.56 Å². The lowest BCUT2D eigenvalue weighted by atomic mass is 10.1. The highest BCUT2D eigenvalue weighted by Gasteiger charge is 2.13. The molecule has 0 radical (unpaired) electrons. The Morgan fingerprint density at radius 1 is 0.909 bits per heavy atom. The van der Waals surface area contributed by atoms with Gasteiger partial charge in [-0.15, -0.1) is 11.3 Å². The summed E-state index contributed by atoms with van der Waals surface area (Å²) in [6.07, 6.45) is 1.60. The van der Waals surface area contributed by atoms with Gasteiger partial charge in [0.1, 0.15) is 11.2 Å². The first-order valence-corrected chi connectivity index (χ1v) is 7.82. The molecule has 106 valence electrons. The standard InChI is InChI=1S/C18H12N2OS/c21-17-16-15(13-7-3-1-4-8-13)11-22-18(16)20(12-19-17)14-9-5-2-6-10-14/h1-12H. The van der Waals surface area contributed by atoms with E-state index in [2.05, 4.69) is 4.98 Å². The van der Waals surface area contributed by atoms with Gasteiger partial charge < -0.3 is 0 Å². The average molecular weight is 304 g/mol. The van der Waals surface area contributed by atoms with E-state index >= 15 is 0 Å². The van der Waals surface area contributed by atoms with E-state index in [0.29, 0.717) is 5.39 Å². The molecule has 0 bridgehead atoms. The molecule has 22 heavy (non-hydrogen) atoms. The van der Waals surface area contributed by atoms with Gasteiger partial charge in [0, 0.05) is 16.6 Å². The molecular formula is C18H12N2OS. The van der Waals surface area contributed by atoms with Gasteiger partial charge in [0.05, 0.1) is 5.39 Å². The molecule has 0 fully saturated rings. The van der Waals surface area contributed by atoms with Crippen LogP contribution < -0.4 is 5.56 Å². The van der Waals surface area contributed by atoms with E-state index in [9.17, 15) is 4.79 Å². The van der Waals surface area contributed by atoms with Crippen LogP contribution in [0.5, 0.6) is 0 Å². The third-order valence-corrected chi connectivity index (χ3v) is 4.59. The van der Waals surface area contributed by atoms with E-state index < -0.39 is 0 Å². The second kappa shape index (κ2) is 5.24. The van der Waals surface area contributed by atoms with E-state index in [1.165, 1.54) is 0 Å². The fourth-order valence-corrected chi connectivity index (χ4v) is 3.63. The first-order valence-electron chi connectivity index (χ1n) is 6.94. The highest BCUT2D eigenvalue weighted by Crippen LogP contribution is 2.32. The minimum Gasteiger partial charge on any atom is -0.291 e. The molecular weight excluding hydrogens is 292 g/mol. The third kappa shape index (κ3) is 2.05. The van der Waals surface area contributed by atoms with Crippen molar-refractivity contribution in [3.63, 3.8) is 0 Å². The molecule has 0 unspecified atom stereocenters. The highest BCUT2D eigenvalue weighted by atomic mass is 32.1. The maximum absolute atomic E-state index is 12.3. The molecule has 0 N–H and O–H groups in total. The van der Waals surface area contributed by atoms with Gasteiger partial charge in [-0.3, -0.25) is 9.36 Å². The number of thiophene rings is 1. The lowest BCUT2D eigenvalue weighted by Crippen LogP contribution is -2.10. The summed E-state index contributed by atoms with van der Waals surface area (Å²) in [5.41, 5.74) is 2.81. The Labute approximate surface area is 131 Å². The summed E-state index contributed by atoms with van der Waals surface area (Å²) < 4.78 is 1.97. The molecule has 0 atom stereocenters. The molecule has 0 spiro atoms. The SMILES string of the molecule is O=c1ncn(-c2ccccc2)c2scc(-c3ccccc3)c12. The maximum atomic E-state index is 12.3. The molecule has 2 heterocycles. The Morgan fingerprint density at radius 3 is 2.32 bits per heavy atom. The quantitative estimate of drug-likeness (QED) is 0.558. The van der Waals surface area contributed by atoms with Gasteiger partial charge in [0.2, 0.25) is 0 Å². The molecule has 2 aromatic heterocycles. The second-order valence-corrected chi connectivity index (χ2v) is 5.81. The number of nitrogens with zero attached hydrogens (tertiary/aromatic N) is 2. The van der Waals surface area contributed by atoms with Crippen molar-refractivity contribution in [2.75, 3.05) is 0 Å². The molecule has 4 rings (SSSR count). The Bertz CT molecular complexity index is 988. The number of fused-ring (bicyclic) bond motifs is 1. The minimum absolute atomic E-state index is 0.178. The Balaban J connectivity index is 2.03. The summed E-state index contributed by atoms with van der Waals surface area (Å²) in [5.74, 6) is 0. The van der Waals surface area contributed by atoms with Crippen LogP contribution in [0.1, 0.15) is 0 Å². The summed E-state index contributed by atoms with van der Waals surface area (Å²) in [4.78, 5) is 17.3. The Hall–Kier alpha value is -2.72. The van der Waals surface area contributed by atoms with E-state index in [-0.39, 0.29) is 5.56 Å². The van der Waals surface area contributed by atoms with Crippen molar-refractivity contribution in [1.29, 1.82) is 0 Å². The molecule has 0 saturated heterocycles. The molecule has 0 saturated carbocycles. The molecule has 0 amide bonds. The maximum Gasteiger partial charge on any atom is 0.282 e. The normalized spacial score (nSPS) is 10.9. The number of rotatable bonds is 2. The summed E-state index contributed by atoms with van der Waals surface area (Å²) in [6.45, 7) is 0. The molecule has 2 aromatic carbocycles. The monoisotopic (exact) mass is 304 g/mol. The fraction of sp³-hybridized carbons (Fsp3) is 0. The van der Waals surface area contributed by atoms with Gasteiger partial charge >= 0.3 is 0 Å². The van der Waals surface area contributed by atoms with E-state index in [1.807, 2.05) is 70.6 Å². The zero-order valence-corrected chi connectivity index (χ0v) is 12.5. The summed E-state index contributed by atoms with van der Waals surface area (Å²) in [6, 6.07) is 19.9. The van der Waals surface area contributed by atoms with Crippen LogP contribution in [0, 0.1) is 0 Å². The molecule has 0 aliphatic heterocycles. The topological polar surface area (TPSA) is 34.9 Å². The van der Waals surface area contributed by atoms with Crippen molar-refractivity contribution < 1.29 is 0 Å². The van der Waals surface area contributed by atoms with Crippen LogP contribution in [0.4, 0.5) is 0 Å². The molecule has 4 heteroatoms. The first kappa shape index (κ1) is 13.0. The zero-order chi connectivity index (χ0) is 14.9. The smallest absolute Gasteiger partial charge is 0.282 e. The number of benzene rings is 2. The molecule has 0 aliphatic carbocycles. The van der Waals surface area contributed by atoms with Gasteiger partial charge in [0.15, 0.2) is 0 Å². The van der Waals surface area contributed by atoms with Crippen molar-refractivity contribution in [2.24, 2.45) is 0 Å². The third-order valence-electron chi connectivity index (χ3n) is 3.61. The van der Waals surface area contributed by atoms with Gasteiger partial charge in [-0.25, -0.2) is 0 Å². The Morgan fingerprint density at radius 2 is 1.59 bits per heavy atom. The zero-order valence-electron chi connectivity index (χ0n) is 11.6. The van der Waals surface area contributed by atoms with Crippen molar-refractivity contribution in [2.45, 2.75) is 0 Å². The van der Waals surface area contributed by atoms with Gasteiger partial charge in [-0.05, 0) is 17.7 Å². The lowest BCUT2D eigenvalue weighted by Gasteiger charge is -2.07. The fourth-order valence-electron chi connectivity index (χ4n) is 2.56.